The molecule has 98 valence electrons. The summed E-state index contributed by atoms with van der Waals surface area (Å²) < 4.78 is 11.3. The summed E-state index contributed by atoms with van der Waals surface area (Å²) in [4.78, 5) is 0. The molecule has 0 aliphatic rings. The van der Waals surface area contributed by atoms with Gasteiger partial charge >= 0.3 is 0 Å². The third-order valence-corrected chi connectivity index (χ3v) is 3.12. The van der Waals surface area contributed by atoms with E-state index in [2.05, 4.69) is 25.2 Å². The van der Waals surface area contributed by atoms with Gasteiger partial charge in [-0.05, 0) is 38.1 Å². The lowest BCUT2D eigenvalue weighted by molar-refractivity contribution is 0.417. The summed E-state index contributed by atoms with van der Waals surface area (Å²) in [7, 11) is 0. The van der Waals surface area contributed by atoms with Crippen molar-refractivity contribution in [1.82, 2.24) is 5.32 Å². The second kappa shape index (κ2) is 5.91. The number of nitrogens with one attached hydrogen (secondary N) is 1. The number of hydrogen-bond donors (Lipinski definition) is 1. The Hall–Kier alpha value is -1.48. The molecule has 0 bridgehead atoms. The van der Waals surface area contributed by atoms with Crippen molar-refractivity contribution in [2.45, 2.75) is 39.7 Å². The second-order valence-electron chi connectivity index (χ2n) is 4.48. The average molecular weight is 247 g/mol. The summed E-state index contributed by atoms with van der Waals surface area (Å²) in [6.07, 6.45) is 3.74. The second-order valence-corrected chi connectivity index (χ2v) is 4.48. The molecule has 0 saturated carbocycles. The normalized spacial score (nSPS) is 12.8. The first-order valence-electron chi connectivity index (χ1n) is 6.62. The molecule has 2 aromatic rings. The molecule has 3 heteroatoms. The lowest BCUT2D eigenvalue weighted by Crippen LogP contribution is -2.22. The van der Waals surface area contributed by atoms with E-state index < -0.39 is 0 Å². The van der Waals surface area contributed by atoms with Crippen LogP contribution in [0.5, 0.6) is 0 Å². The lowest BCUT2D eigenvalue weighted by atomic mass is 10.1. The Bertz CT molecular complexity index is 484. The van der Waals surface area contributed by atoms with E-state index in [0.29, 0.717) is 0 Å². The summed E-state index contributed by atoms with van der Waals surface area (Å²) in [6, 6.07) is 6.20. The third kappa shape index (κ3) is 2.67. The number of furan rings is 2. The zero-order valence-electron chi connectivity index (χ0n) is 11.3. The molecule has 0 radical (unpaired) electrons. The van der Waals surface area contributed by atoms with Crippen molar-refractivity contribution in [3.05, 3.63) is 47.3 Å². The molecule has 2 aromatic heterocycles. The van der Waals surface area contributed by atoms with Crippen molar-refractivity contribution >= 4 is 0 Å². The van der Waals surface area contributed by atoms with Crippen molar-refractivity contribution in [2.75, 3.05) is 6.54 Å². The van der Waals surface area contributed by atoms with Crippen LogP contribution in [0.4, 0.5) is 0 Å². The predicted octanol–water partition coefficient (Wildman–Crippen LogP) is 3.83. The molecule has 0 amide bonds. The minimum absolute atomic E-state index is 0.0870. The van der Waals surface area contributed by atoms with Crippen LogP contribution < -0.4 is 5.32 Å². The Labute approximate surface area is 108 Å². The van der Waals surface area contributed by atoms with E-state index in [-0.39, 0.29) is 6.04 Å². The van der Waals surface area contributed by atoms with Crippen molar-refractivity contribution in [3.8, 4) is 0 Å². The first-order chi connectivity index (χ1) is 8.76. The van der Waals surface area contributed by atoms with Gasteiger partial charge in [0, 0.05) is 12.0 Å². The van der Waals surface area contributed by atoms with Crippen LogP contribution in [0.2, 0.25) is 0 Å². The van der Waals surface area contributed by atoms with E-state index in [1.165, 1.54) is 0 Å². The highest BCUT2D eigenvalue weighted by Crippen LogP contribution is 2.27. The van der Waals surface area contributed by atoms with Crippen molar-refractivity contribution < 1.29 is 8.83 Å². The molecule has 0 fully saturated rings. The highest BCUT2D eigenvalue weighted by molar-refractivity contribution is 5.28. The first-order valence-corrected chi connectivity index (χ1v) is 6.62. The Balaban J connectivity index is 2.27. The predicted molar refractivity (Wildman–Crippen MR) is 71.7 cm³/mol. The molecule has 0 aromatic carbocycles. The van der Waals surface area contributed by atoms with Gasteiger partial charge in [-0.3, -0.25) is 0 Å². The quantitative estimate of drug-likeness (QED) is 0.843. The molecule has 0 saturated heterocycles. The monoisotopic (exact) mass is 247 g/mol. The van der Waals surface area contributed by atoms with Gasteiger partial charge in [-0.25, -0.2) is 0 Å². The lowest BCUT2D eigenvalue weighted by Gasteiger charge is -2.15. The number of hydrogen-bond acceptors (Lipinski definition) is 3. The van der Waals surface area contributed by atoms with E-state index in [1.807, 2.05) is 19.1 Å². The SMILES string of the molecule is CCCNC(c1ccc(CC)o1)c1ccoc1C. The van der Waals surface area contributed by atoms with Crippen LogP contribution in [0.1, 0.15) is 49.2 Å². The zero-order valence-corrected chi connectivity index (χ0v) is 11.3. The topological polar surface area (TPSA) is 38.3 Å². The molecule has 0 aliphatic carbocycles. The molecular weight excluding hydrogens is 226 g/mol. The van der Waals surface area contributed by atoms with E-state index in [9.17, 15) is 0 Å². The fourth-order valence-electron chi connectivity index (χ4n) is 2.09. The van der Waals surface area contributed by atoms with Crippen LogP contribution in [0.15, 0.2) is 33.3 Å². The van der Waals surface area contributed by atoms with Crippen LogP contribution in [-0.4, -0.2) is 6.54 Å². The maximum Gasteiger partial charge on any atom is 0.125 e. The fraction of sp³-hybridized carbons (Fsp3) is 0.467. The number of rotatable bonds is 6. The van der Waals surface area contributed by atoms with Crippen molar-refractivity contribution in [2.24, 2.45) is 0 Å². The summed E-state index contributed by atoms with van der Waals surface area (Å²) in [5.41, 5.74) is 1.15. The Morgan fingerprint density at radius 1 is 1.22 bits per heavy atom. The van der Waals surface area contributed by atoms with Gasteiger partial charge < -0.3 is 14.2 Å². The van der Waals surface area contributed by atoms with Gasteiger partial charge in [0.2, 0.25) is 0 Å². The Kier molecular flexibility index (Phi) is 4.26. The van der Waals surface area contributed by atoms with Crippen LogP contribution in [0.25, 0.3) is 0 Å². The highest BCUT2D eigenvalue weighted by Gasteiger charge is 2.20. The van der Waals surface area contributed by atoms with Gasteiger partial charge in [-0.1, -0.05) is 13.8 Å². The fourth-order valence-corrected chi connectivity index (χ4v) is 2.09. The summed E-state index contributed by atoms with van der Waals surface area (Å²) >= 11 is 0. The maximum absolute atomic E-state index is 5.87. The zero-order chi connectivity index (χ0) is 13.0. The summed E-state index contributed by atoms with van der Waals surface area (Å²) in [5, 5.41) is 3.51. The van der Waals surface area contributed by atoms with Gasteiger partial charge in [-0.2, -0.15) is 0 Å². The standard InChI is InChI=1S/C15H21NO2/c1-4-9-16-15(13-8-10-17-11(13)3)14-7-6-12(5-2)18-14/h6-8,10,15-16H,4-5,9H2,1-3H3. The highest BCUT2D eigenvalue weighted by atomic mass is 16.3. The molecule has 1 unspecified atom stereocenters. The van der Waals surface area contributed by atoms with Gasteiger partial charge in [0.15, 0.2) is 0 Å². The summed E-state index contributed by atoms with van der Waals surface area (Å²) in [5.74, 6) is 2.93. The minimum Gasteiger partial charge on any atom is -0.469 e. The first kappa shape index (κ1) is 13.0. The Morgan fingerprint density at radius 3 is 2.61 bits per heavy atom. The van der Waals surface area contributed by atoms with E-state index in [4.69, 9.17) is 8.83 Å². The summed E-state index contributed by atoms with van der Waals surface area (Å²) in [6.45, 7) is 7.20. The molecule has 1 N–H and O–H groups in total. The minimum atomic E-state index is 0.0870. The Morgan fingerprint density at radius 2 is 2.06 bits per heavy atom. The smallest absolute Gasteiger partial charge is 0.125 e. The molecule has 0 aliphatic heterocycles. The van der Waals surface area contributed by atoms with Gasteiger partial charge in [-0.15, -0.1) is 0 Å². The average Bonchev–Trinajstić information content (AvgIpc) is 3.00. The molecule has 3 nitrogen and oxygen atoms in total. The van der Waals surface area contributed by atoms with Crippen molar-refractivity contribution in [1.29, 1.82) is 0 Å². The largest absolute Gasteiger partial charge is 0.469 e. The van der Waals surface area contributed by atoms with Gasteiger partial charge in [0.05, 0.1) is 12.3 Å². The van der Waals surface area contributed by atoms with E-state index in [1.54, 1.807) is 6.26 Å². The van der Waals surface area contributed by atoms with Crippen LogP contribution >= 0.6 is 0 Å². The van der Waals surface area contributed by atoms with Crippen molar-refractivity contribution in [3.63, 3.8) is 0 Å². The molecule has 18 heavy (non-hydrogen) atoms. The molecule has 2 heterocycles. The van der Waals surface area contributed by atoms with Gasteiger partial charge in [0.1, 0.15) is 17.3 Å². The molecule has 0 spiro atoms. The van der Waals surface area contributed by atoms with Crippen LogP contribution in [-0.2, 0) is 6.42 Å². The molecule has 2 rings (SSSR count). The number of aryl methyl sites for hydroxylation is 2. The molecule has 1 atom stereocenters. The van der Waals surface area contributed by atoms with E-state index in [0.717, 1.165) is 42.2 Å². The molecular formula is C15H21NO2. The van der Waals surface area contributed by atoms with Crippen LogP contribution in [0.3, 0.4) is 0 Å². The van der Waals surface area contributed by atoms with Gasteiger partial charge in [0.25, 0.3) is 0 Å². The van der Waals surface area contributed by atoms with Crippen LogP contribution in [0, 0.1) is 6.92 Å². The third-order valence-electron chi connectivity index (χ3n) is 3.12. The maximum atomic E-state index is 5.87. The van der Waals surface area contributed by atoms with E-state index >= 15 is 0 Å².